The van der Waals surface area contributed by atoms with Crippen molar-refractivity contribution in [2.75, 3.05) is 16.4 Å². The highest BCUT2D eigenvalue weighted by Crippen LogP contribution is 2.38. The molecule has 0 aliphatic heterocycles. The van der Waals surface area contributed by atoms with Crippen LogP contribution in [0.15, 0.2) is 48.5 Å². The van der Waals surface area contributed by atoms with Crippen LogP contribution in [0, 0.1) is 11.6 Å². The van der Waals surface area contributed by atoms with Crippen LogP contribution in [0.4, 0.5) is 44.8 Å². The zero-order chi connectivity index (χ0) is 23.9. The number of alkyl halides is 3. The van der Waals surface area contributed by atoms with Crippen LogP contribution in [-0.4, -0.2) is 16.1 Å². The number of H-pyrrole nitrogens is 1. The van der Waals surface area contributed by atoms with Crippen LogP contribution in [0.3, 0.4) is 0 Å². The zero-order valence-corrected chi connectivity index (χ0v) is 17.1. The number of rotatable bonds is 4. The van der Waals surface area contributed by atoms with Crippen molar-refractivity contribution in [3.8, 4) is 0 Å². The summed E-state index contributed by atoms with van der Waals surface area (Å²) in [5, 5.41) is 12.3. The van der Waals surface area contributed by atoms with Gasteiger partial charge in [-0.15, -0.1) is 0 Å². The summed E-state index contributed by atoms with van der Waals surface area (Å²) in [6.45, 7) is 0. The first kappa shape index (κ1) is 22.3. The third-order valence-electron chi connectivity index (χ3n) is 4.68. The molecule has 0 aliphatic rings. The van der Waals surface area contributed by atoms with Crippen molar-refractivity contribution in [3.63, 3.8) is 0 Å². The first-order chi connectivity index (χ1) is 15.5. The number of carbonyl (C=O) groups excluding carboxylic acids is 1. The topological polar surface area (TPSA) is 95.8 Å². The van der Waals surface area contributed by atoms with Crippen molar-refractivity contribution in [1.29, 1.82) is 0 Å². The first-order valence-corrected chi connectivity index (χ1v) is 9.58. The summed E-state index contributed by atoms with van der Waals surface area (Å²) in [4.78, 5) is 12.7. The summed E-state index contributed by atoms with van der Waals surface area (Å²) in [7, 11) is 0. The van der Waals surface area contributed by atoms with Crippen molar-refractivity contribution < 1.29 is 26.7 Å². The van der Waals surface area contributed by atoms with E-state index >= 15 is 0 Å². The lowest BCUT2D eigenvalue weighted by Crippen LogP contribution is -2.15. The van der Waals surface area contributed by atoms with Gasteiger partial charge in [-0.2, -0.15) is 18.3 Å². The van der Waals surface area contributed by atoms with Crippen LogP contribution in [-0.2, 0) is 6.18 Å². The maximum atomic E-state index is 13.8. The molecule has 0 atom stereocenters. The fourth-order valence-corrected chi connectivity index (χ4v) is 3.34. The molecule has 12 heteroatoms. The van der Waals surface area contributed by atoms with E-state index in [4.69, 9.17) is 17.3 Å². The quantitative estimate of drug-likeness (QED) is 0.265. The Hall–Kier alpha value is -3.86. The van der Waals surface area contributed by atoms with Crippen LogP contribution in [0.5, 0.6) is 0 Å². The Morgan fingerprint density at radius 2 is 1.76 bits per heavy atom. The van der Waals surface area contributed by atoms with E-state index in [-0.39, 0.29) is 34.0 Å². The number of amides is 1. The van der Waals surface area contributed by atoms with E-state index in [1.165, 1.54) is 18.2 Å². The summed E-state index contributed by atoms with van der Waals surface area (Å²) in [5.41, 5.74) is 4.83. The van der Waals surface area contributed by atoms with E-state index in [9.17, 15) is 26.7 Å². The summed E-state index contributed by atoms with van der Waals surface area (Å²) in [6.07, 6.45) is -4.85. The Labute approximate surface area is 187 Å². The van der Waals surface area contributed by atoms with Gasteiger partial charge in [0.25, 0.3) is 5.91 Å². The normalized spacial score (nSPS) is 11.6. The fraction of sp³-hybridized carbons (Fsp3) is 0.0476. The highest BCUT2D eigenvalue weighted by atomic mass is 35.5. The lowest BCUT2D eigenvalue weighted by molar-refractivity contribution is -0.137. The third kappa shape index (κ3) is 4.53. The predicted octanol–water partition coefficient (Wildman–Crippen LogP) is 6.09. The lowest BCUT2D eigenvalue weighted by atomic mass is 10.1. The molecule has 6 nitrogen and oxygen atoms in total. The van der Waals surface area contributed by atoms with E-state index < -0.39 is 34.8 Å². The monoisotopic (exact) mass is 481 g/mol. The van der Waals surface area contributed by atoms with Gasteiger partial charge in [0, 0.05) is 5.56 Å². The number of nitrogens with two attached hydrogens (primary N) is 1. The highest BCUT2D eigenvalue weighted by molar-refractivity contribution is 6.33. The summed E-state index contributed by atoms with van der Waals surface area (Å²) in [6, 6.07) is 7.97. The number of nitrogens with zero attached hydrogens (tertiary/aromatic N) is 1. The van der Waals surface area contributed by atoms with Crippen molar-refractivity contribution in [1.82, 2.24) is 10.2 Å². The lowest BCUT2D eigenvalue weighted by Gasteiger charge is -2.16. The average molecular weight is 482 g/mol. The molecule has 4 aromatic rings. The second-order valence-corrected chi connectivity index (χ2v) is 7.36. The Kier molecular flexibility index (Phi) is 5.58. The molecule has 170 valence electrons. The van der Waals surface area contributed by atoms with Gasteiger partial charge < -0.3 is 16.4 Å². The second kappa shape index (κ2) is 8.24. The number of nitrogen functional groups attached to an aromatic ring is 1. The number of fused-ring (bicyclic) bond motifs is 1. The minimum absolute atomic E-state index is 0.0289. The SMILES string of the molecule is Nc1n[nH]c2ccc(NC(=O)c3cc(F)cc(C(F)(F)F)c3)c(Nc3cc(F)ccc3Cl)c12. The molecule has 0 bridgehead atoms. The molecule has 33 heavy (non-hydrogen) atoms. The standard InChI is InChI=1S/C21H13ClF5N5O/c22-13-2-1-11(23)8-16(13)29-18-15(4-3-14-17(18)19(28)32-31-14)30-20(33)9-5-10(21(25,26)27)7-12(24)6-9/h1-8,29H,(H,30,33)(H3,28,31,32). The fourth-order valence-electron chi connectivity index (χ4n) is 3.18. The van der Waals surface area contributed by atoms with Gasteiger partial charge in [-0.3, -0.25) is 9.89 Å². The zero-order valence-electron chi connectivity index (χ0n) is 16.3. The van der Waals surface area contributed by atoms with E-state index in [1.807, 2.05) is 0 Å². The molecule has 0 radical (unpaired) electrons. The van der Waals surface area contributed by atoms with E-state index in [0.29, 0.717) is 23.0 Å². The highest BCUT2D eigenvalue weighted by Gasteiger charge is 2.32. The van der Waals surface area contributed by atoms with Crippen molar-refractivity contribution in [2.45, 2.75) is 6.18 Å². The molecule has 1 heterocycles. The minimum atomic E-state index is -4.85. The molecule has 5 N–H and O–H groups in total. The number of hydrogen-bond acceptors (Lipinski definition) is 4. The Morgan fingerprint density at radius 3 is 2.48 bits per heavy atom. The first-order valence-electron chi connectivity index (χ1n) is 9.20. The summed E-state index contributed by atoms with van der Waals surface area (Å²) >= 11 is 6.12. The Balaban J connectivity index is 1.78. The molecule has 3 aromatic carbocycles. The van der Waals surface area contributed by atoms with Crippen LogP contribution >= 0.6 is 11.6 Å². The number of nitrogens with one attached hydrogen (secondary N) is 3. The molecular formula is C21H13ClF5N5O. The van der Waals surface area contributed by atoms with Crippen LogP contribution in [0.1, 0.15) is 15.9 Å². The van der Waals surface area contributed by atoms with Gasteiger partial charge in [0.05, 0.1) is 38.6 Å². The number of anilines is 4. The number of carbonyl (C=O) groups is 1. The minimum Gasteiger partial charge on any atom is -0.382 e. The van der Waals surface area contributed by atoms with Gasteiger partial charge in [0.1, 0.15) is 11.6 Å². The summed E-state index contributed by atoms with van der Waals surface area (Å²) in [5.74, 6) is -2.82. The molecule has 0 saturated heterocycles. The number of aromatic amines is 1. The Bertz CT molecular complexity index is 1390. The Morgan fingerprint density at radius 1 is 1.00 bits per heavy atom. The molecule has 0 unspecified atom stereocenters. The van der Waals surface area contributed by atoms with Gasteiger partial charge in [-0.25, -0.2) is 8.78 Å². The summed E-state index contributed by atoms with van der Waals surface area (Å²) < 4.78 is 66.6. The maximum Gasteiger partial charge on any atom is 0.416 e. The van der Waals surface area contributed by atoms with Gasteiger partial charge in [0.15, 0.2) is 5.82 Å². The predicted molar refractivity (Wildman–Crippen MR) is 115 cm³/mol. The second-order valence-electron chi connectivity index (χ2n) is 6.95. The number of aromatic nitrogens is 2. The van der Waals surface area contributed by atoms with Crippen LogP contribution in [0.25, 0.3) is 10.9 Å². The molecule has 0 aliphatic carbocycles. The molecule has 1 amide bonds. The largest absolute Gasteiger partial charge is 0.416 e. The van der Waals surface area contributed by atoms with Crippen molar-refractivity contribution in [3.05, 3.63) is 76.3 Å². The molecule has 0 saturated carbocycles. The molecule has 0 spiro atoms. The molecule has 0 fully saturated rings. The van der Waals surface area contributed by atoms with E-state index in [2.05, 4.69) is 20.8 Å². The van der Waals surface area contributed by atoms with Crippen molar-refractivity contribution >= 4 is 51.3 Å². The van der Waals surface area contributed by atoms with Crippen LogP contribution in [0.2, 0.25) is 5.02 Å². The molecule has 4 rings (SSSR count). The number of hydrogen-bond donors (Lipinski definition) is 4. The number of halogens is 6. The maximum absolute atomic E-state index is 13.8. The van der Waals surface area contributed by atoms with E-state index in [1.54, 1.807) is 0 Å². The van der Waals surface area contributed by atoms with Gasteiger partial charge in [-0.05, 0) is 48.5 Å². The molecular weight excluding hydrogens is 469 g/mol. The smallest absolute Gasteiger partial charge is 0.382 e. The van der Waals surface area contributed by atoms with Gasteiger partial charge >= 0.3 is 6.18 Å². The van der Waals surface area contributed by atoms with Gasteiger partial charge in [0.2, 0.25) is 0 Å². The van der Waals surface area contributed by atoms with Crippen molar-refractivity contribution in [2.24, 2.45) is 0 Å². The van der Waals surface area contributed by atoms with Crippen LogP contribution < -0.4 is 16.4 Å². The third-order valence-corrected chi connectivity index (χ3v) is 5.01. The average Bonchev–Trinajstić information content (AvgIpc) is 3.12. The van der Waals surface area contributed by atoms with E-state index in [0.717, 1.165) is 12.1 Å². The number of benzene rings is 3. The molecule has 1 aromatic heterocycles. The van der Waals surface area contributed by atoms with Gasteiger partial charge in [-0.1, -0.05) is 11.6 Å².